The molecular weight excluding hydrogens is 670 g/mol. The number of nitrogens with zero attached hydrogens (tertiary/aromatic N) is 1. The molecule has 0 aromatic carbocycles. The van der Waals surface area contributed by atoms with Crippen LogP contribution in [0.4, 0.5) is 0 Å². The molecule has 0 saturated carbocycles. The van der Waals surface area contributed by atoms with Crippen molar-refractivity contribution in [1.82, 2.24) is 36.8 Å². The molecule has 0 aliphatic carbocycles. The highest BCUT2D eigenvalue weighted by molar-refractivity contribution is 5.97. The topological polar surface area (TPSA) is 301 Å². The fourth-order valence-electron chi connectivity index (χ4n) is 5.33. The third-order valence-electron chi connectivity index (χ3n) is 8.06. The minimum Gasteiger partial charge on any atom is -0.480 e. The number of rotatable bonds is 21. The Morgan fingerprint density at radius 3 is 1.82 bits per heavy atom. The minimum absolute atomic E-state index is 0.105. The van der Waals surface area contributed by atoms with E-state index in [9.17, 15) is 43.2 Å². The Kier molecular flexibility index (Phi) is 18.6. The van der Waals surface area contributed by atoms with Gasteiger partial charge < -0.3 is 53.4 Å². The van der Waals surface area contributed by atoms with Crippen molar-refractivity contribution in [3.8, 4) is 0 Å². The third-order valence-corrected chi connectivity index (χ3v) is 8.06. The summed E-state index contributed by atoms with van der Waals surface area (Å²) >= 11 is 0. The van der Waals surface area contributed by atoms with Gasteiger partial charge in [-0.2, -0.15) is 0 Å². The van der Waals surface area contributed by atoms with Crippen LogP contribution in [0.3, 0.4) is 0 Å². The first-order valence-corrected chi connectivity index (χ1v) is 17.0. The molecule has 0 spiro atoms. The highest BCUT2D eigenvalue weighted by Gasteiger charge is 2.37. The number of hydrogen-bond acceptors (Lipinski definition) is 10. The van der Waals surface area contributed by atoms with Crippen molar-refractivity contribution in [3.05, 3.63) is 0 Å². The summed E-state index contributed by atoms with van der Waals surface area (Å²) < 4.78 is 0. The molecule has 0 aromatic rings. The molecule has 0 bridgehead atoms. The fourth-order valence-corrected chi connectivity index (χ4v) is 5.33. The van der Waals surface area contributed by atoms with E-state index in [2.05, 4.69) is 31.9 Å². The average Bonchev–Trinajstić information content (AvgIpc) is 3.54. The summed E-state index contributed by atoms with van der Waals surface area (Å²) in [5.41, 5.74) is 10.8. The number of carboxylic acid groups (broad SMARTS) is 1. The number of amides is 8. The van der Waals surface area contributed by atoms with E-state index in [1.165, 1.54) is 4.90 Å². The molecule has 0 aromatic heterocycles. The molecule has 19 nitrogen and oxygen atoms in total. The molecule has 1 fully saturated rings. The zero-order valence-electron chi connectivity index (χ0n) is 30.2. The molecule has 288 valence electrons. The molecule has 11 N–H and O–H groups in total. The lowest BCUT2D eigenvalue weighted by Crippen LogP contribution is -2.60. The first-order chi connectivity index (χ1) is 23.8. The number of hydrogen-bond donors (Lipinski definition) is 9. The second-order valence-corrected chi connectivity index (χ2v) is 13.6. The predicted molar refractivity (Wildman–Crippen MR) is 183 cm³/mol. The molecule has 1 aliphatic rings. The van der Waals surface area contributed by atoms with Gasteiger partial charge in [-0.15, -0.1) is 0 Å². The van der Waals surface area contributed by atoms with Crippen LogP contribution in [0.15, 0.2) is 0 Å². The van der Waals surface area contributed by atoms with Gasteiger partial charge in [0, 0.05) is 13.0 Å². The Balaban J connectivity index is 3.12. The molecule has 51 heavy (non-hydrogen) atoms. The summed E-state index contributed by atoms with van der Waals surface area (Å²) in [4.78, 5) is 114. The number of nitrogens with one attached hydrogen (secondary N) is 6. The van der Waals surface area contributed by atoms with E-state index in [1.807, 2.05) is 13.8 Å². The van der Waals surface area contributed by atoms with Gasteiger partial charge in [-0.1, -0.05) is 41.5 Å². The zero-order valence-corrected chi connectivity index (χ0v) is 30.2. The Morgan fingerprint density at radius 1 is 0.745 bits per heavy atom. The summed E-state index contributed by atoms with van der Waals surface area (Å²) in [6, 6.07) is -5.64. The molecule has 1 rings (SSSR count). The van der Waals surface area contributed by atoms with Gasteiger partial charge in [0.15, 0.2) is 0 Å². The van der Waals surface area contributed by atoms with Crippen molar-refractivity contribution in [1.29, 1.82) is 0 Å². The van der Waals surface area contributed by atoms with E-state index in [1.54, 1.807) is 27.7 Å². The Labute approximate surface area is 297 Å². The van der Waals surface area contributed by atoms with Crippen LogP contribution in [0, 0.1) is 17.8 Å². The summed E-state index contributed by atoms with van der Waals surface area (Å²) in [5, 5.41) is 23.6. The molecule has 0 radical (unpaired) electrons. The monoisotopic (exact) mass is 725 g/mol. The number of carboxylic acids is 1. The van der Waals surface area contributed by atoms with E-state index in [0.717, 1.165) is 0 Å². The van der Waals surface area contributed by atoms with Crippen molar-refractivity contribution < 1.29 is 48.3 Å². The highest BCUT2D eigenvalue weighted by atomic mass is 16.4. The van der Waals surface area contributed by atoms with Crippen LogP contribution in [0.5, 0.6) is 0 Å². The second kappa shape index (κ2) is 21.4. The number of carbonyl (C=O) groups excluding carboxylic acids is 8. The first kappa shape index (κ1) is 44.2. The SMILES string of the molecule is CC(C)C[C@@H](NC(=O)[C@H](NC(=O)[C@@H](CCC(N)=O)NC(=O)[C@H]1CCCN1C(=O)CN)C(C)C)C(=O)N[C@H](C(=O)NCC(=O)NCC(=O)O)C(C)C. The van der Waals surface area contributed by atoms with Crippen molar-refractivity contribution in [2.24, 2.45) is 29.2 Å². The van der Waals surface area contributed by atoms with E-state index < -0.39 is 108 Å². The van der Waals surface area contributed by atoms with Crippen LogP contribution in [0.1, 0.15) is 73.6 Å². The van der Waals surface area contributed by atoms with E-state index in [0.29, 0.717) is 19.4 Å². The van der Waals surface area contributed by atoms with Crippen LogP contribution < -0.4 is 43.4 Å². The van der Waals surface area contributed by atoms with E-state index in [-0.39, 0.29) is 31.7 Å². The van der Waals surface area contributed by atoms with Crippen molar-refractivity contribution in [2.75, 3.05) is 26.2 Å². The quantitative estimate of drug-likeness (QED) is 0.0568. The Morgan fingerprint density at radius 2 is 1.31 bits per heavy atom. The van der Waals surface area contributed by atoms with Crippen LogP contribution in [0.2, 0.25) is 0 Å². The zero-order chi connectivity index (χ0) is 39.0. The summed E-state index contributed by atoms with van der Waals surface area (Å²) in [6.07, 6.45) is 0.601. The van der Waals surface area contributed by atoms with Gasteiger partial charge in [-0.05, 0) is 43.4 Å². The van der Waals surface area contributed by atoms with Gasteiger partial charge in [0.25, 0.3) is 0 Å². The number of aliphatic carboxylic acids is 1. The number of carbonyl (C=O) groups is 9. The van der Waals surface area contributed by atoms with Gasteiger partial charge in [-0.25, -0.2) is 0 Å². The Hall–Kier alpha value is -4.81. The minimum atomic E-state index is -1.29. The first-order valence-electron chi connectivity index (χ1n) is 17.0. The third kappa shape index (κ3) is 15.3. The summed E-state index contributed by atoms with van der Waals surface area (Å²) in [7, 11) is 0. The fraction of sp³-hybridized carbons (Fsp3) is 0.719. The molecule has 8 amide bonds. The van der Waals surface area contributed by atoms with Crippen LogP contribution >= 0.6 is 0 Å². The molecule has 1 heterocycles. The number of nitrogens with two attached hydrogens (primary N) is 2. The standard InChI is InChI=1S/C32H55N9O10/c1-16(2)12-20(29(48)39-26(17(3)4)31(50)36-14-23(43)35-15-25(45)46)38-32(51)27(18(5)6)40-28(47)19(9-10-22(34)42)37-30(49)21-8-7-11-41(21)24(44)13-33/h16-21,26-27H,7-15,33H2,1-6H3,(H2,34,42)(H,35,43)(H,36,50)(H,37,49)(H,38,51)(H,39,48)(H,40,47)(H,45,46)/t19-,20-,21-,26+,27-/m1/s1. The maximum atomic E-state index is 13.6. The van der Waals surface area contributed by atoms with Gasteiger partial charge in [0.2, 0.25) is 47.3 Å². The van der Waals surface area contributed by atoms with E-state index >= 15 is 0 Å². The molecule has 19 heteroatoms. The largest absolute Gasteiger partial charge is 0.480 e. The van der Waals surface area contributed by atoms with Crippen molar-refractivity contribution >= 4 is 53.2 Å². The van der Waals surface area contributed by atoms with Gasteiger partial charge >= 0.3 is 5.97 Å². The maximum Gasteiger partial charge on any atom is 0.322 e. The number of likely N-dealkylation sites (tertiary alicyclic amines) is 1. The molecule has 1 aliphatic heterocycles. The lowest BCUT2D eigenvalue weighted by atomic mass is 9.98. The molecular formula is C32H55N9O10. The van der Waals surface area contributed by atoms with Crippen LogP contribution in [-0.2, 0) is 43.2 Å². The Bertz CT molecular complexity index is 1290. The molecule has 1 saturated heterocycles. The average molecular weight is 726 g/mol. The highest BCUT2D eigenvalue weighted by Crippen LogP contribution is 2.18. The van der Waals surface area contributed by atoms with Gasteiger partial charge in [0.05, 0.1) is 13.1 Å². The number of primary amides is 1. The summed E-state index contributed by atoms with van der Waals surface area (Å²) in [6.45, 7) is 9.11. The maximum absolute atomic E-state index is 13.6. The van der Waals surface area contributed by atoms with Crippen LogP contribution in [-0.4, -0.2) is 120 Å². The summed E-state index contributed by atoms with van der Waals surface area (Å²) in [5.74, 6) is -7.77. The van der Waals surface area contributed by atoms with Crippen LogP contribution in [0.25, 0.3) is 0 Å². The van der Waals surface area contributed by atoms with Crippen molar-refractivity contribution in [2.45, 2.75) is 104 Å². The molecule has 0 unspecified atom stereocenters. The predicted octanol–water partition coefficient (Wildman–Crippen LogP) is -3.18. The smallest absolute Gasteiger partial charge is 0.322 e. The second-order valence-electron chi connectivity index (χ2n) is 13.6. The lowest BCUT2D eigenvalue weighted by Gasteiger charge is -2.30. The van der Waals surface area contributed by atoms with Gasteiger partial charge in [-0.3, -0.25) is 43.2 Å². The molecule has 5 atom stereocenters. The lowest BCUT2D eigenvalue weighted by molar-refractivity contribution is -0.139. The normalized spacial score (nSPS) is 16.4. The van der Waals surface area contributed by atoms with Gasteiger partial charge in [0.1, 0.15) is 36.8 Å². The van der Waals surface area contributed by atoms with E-state index in [4.69, 9.17) is 16.6 Å². The van der Waals surface area contributed by atoms with Crippen molar-refractivity contribution in [3.63, 3.8) is 0 Å².